The van der Waals surface area contributed by atoms with Crippen LogP contribution in [0.4, 0.5) is 11.4 Å². The number of morpholine rings is 1. The zero-order valence-corrected chi connectivity index (χ0v) is 16.9. The van der Waals surface area contributed by atoms with Gasteiger partial charge in [-0.05, 0) is 36.2 Å². The molecule has 2 aromatic carbocycles. The van der Waals surface area contributed by atoms with E-state index >= 15 is 0 Å². The number of anilines is 2. The SMILES string of the molecule is NC(Cc1ccccc1)c1nc(C(=O)Nc2ccc(N3CCOCC3)cc2)cs1. The number of benzene rings is 2. The molecule has 0 aliphatic carbocycles. The lowest BCUT2D eigenvalue weighted by Crippen LogP contribution is -2.36. The fourth-order valence-corrected chi connectivity index (χ4v) is 4.09. The van der Waals surface area contributed by atoms with Crippen LogP contribution in [0.5, 0.6) is 0 Å². The van der Waals surface area contributed by atoms with E-state index in [0.717, 1.165) is 48.2 Å². The third kappa shape index (κ3) is 5.00. The molecule has 1 atom stereocenters. The highest BCUT2D eigenvalue weighted by molar-refractivity contribution is 7.09. The van der Waals surface area contributed by atoms with Crippen LogP contribution in [0, 0.1) is 0 Å². The topological polar surface area (TPSA) is 80.5 Å². The summed E-state index contributed by atoms with van der Waals surface area (Å²) in [6, 6.07) is 17.7. The van der Waals surface area contributed by atoms with Crippen LogP contribution in [0.2, 0.25) is 0 Å². The van der Waals surface area contributed by atoms with Crippen LogP contribution >= 0.6 is 11.3 Å². The Kier molecular flexibility index (Phi) is 6.19. The number of ether oxygens (including phenoxy) is 1. The van der Waals surface area contributed by atoms with Gasteiger partial charge in [-0.1, -0.05) is 30.3 Å². The molecule has 1 aliphatic rings. The number of carbonyl (C=O) groups excluding carboxylic acids is 1. The first-order valence-corrected chi connectivity index (χ1v) is 10.6. The molecule has 6 nitrogen and oxygen atoms in total. The van der Waals surface area contributed by atoms with Gasteiger partial charge in [-0.15, -0.1) is 11.3 Å². The van der Waals surface area contributed by atoms with Crippen molar-refractivity contribution in [1.29, 1.82) is 0 Å². The quantitative estimate of drug-likeness (QED) is 0.653. The van der Waals surface area contributed by atoms with E-state index < -0.39 is 0 Å². The van der Waals surface area contributed by atoms with Gasteiger partial charge >= 0.3 is 0 Å². The lowest BCUT2D eigenvalue weighted by atomic mass is 10.1. The number of hydrogen-bond donors (Lipinski definition) is 2. The summed E-state index contributed by atoms with van der Waals surface area (Å²) in [5.74, 6) is -0.224. The first kappa shape index (κ1) is 19.6. The Morgan fingerprint density at radius 1 is 1.14 bits per heavy atom. The van der Waals surface area contributed by atoms with Gasteiger partial charge < -0.3 is 20.7 Å². The molecule has 0 saturated carbocycles. The second-order valence-electron chi connectivity index (χ2n) is 6.97. The van der Waals surface area contributed by atoms with Crippen molar-refractivity contribution in [3.05, 3.63) is 76.2 Å². The average Bonchev–Trinajstić information content (AvgIpc) is 3.26. The zero-order chi connectivity index (χ0) is 20.1. The van der Waals surface area contributed by atoms with Crippen molar-refractivity contribution in [2.75, 3.05) is 36.5 Å². The lowest BCUT2D eigenvalue weighted by Gasteiger charge is -2.28. The second kappa shape index (κ2) is 9.17. The van der Waals surface area contributed by atoms with Crippen LogP contribution < -0.4 is 16.0 Å². The highest BCUT2D eigenvalue weighted by atomic mass is 32.1. The van der Waals surface area contributed by atoms with E-state index in [9.17, 15) is 4.79 Å². The standard InChI is InChI=1S/C22H24N4O2S/c23-19(14-16-4-2-1-3-5-16)22-25-20(15-29-22)21(27)24-17-6-8-18(9-7-17)26-10-12-28-13-11-26/h1-9,15,19H,10-14,23H2,(H,24,27). The molecule has 0 spiro atoms. The van der Waals surface area contributed by atoms with E-state index in [-0.39, 0.29) is 11.9 Å². The summed E-state index contributed by atoms with van der Waals surface area (Å²) in [5.41, 5.74) is 9.71. The minimum absolute atomic E-state index is 0.224. The van der Waals surface area contributed by atoms with Crippen LogP contribution in [-0.4, -0.2) is 37.2 Å². The summed E-state index contributed by atoms with van der Waals surface area (Å²) in [4.78, 5) is 19.3. The third-order valence-electron chi connectivity index (χ3n) is 4.87. The number of amides is 1. The molecular formula is C22H24N4O2S. The van der Waals surface area contributed by atoms with E-state index in [1.165, 1.54) is 11.3 Å². The average molecular weight is 409 g/mol. The Balaban J connectivity index is 1.36. The number of nitrogens with two attached hydrogens (primary N) is 1. The van der Waals surface area contributed by atoms with Gasteiger partial charge in [0, 0.05) is 29.8 Å². The first-order chi connectivity index (χ1) is 14.2. The van der Waals surface area contributed by atoms with Crippen molar-refractivity contribution in [2.24, 2.45) is 5.73 Å². The first-order valence-electron chi connectivity index (χ1n) is 9.68. The van der Waals surface area contributed by atoms with Gasteiger partial charge in [-0.25, -0.2) is 4.98 Å². The van der Waals surface area contributed by atoms with Crippen LogP contribution in [0.25, 0.3) is 0 Å². The number of nitrogens with zero attached hydrogens (tertiary/aromatic N) is 2. The van der Waals surface area contributed by atoms with Crippen molar-refractivity contribution in [1.82, 2.24) is 4.98 Å². The van der Waals surface area contributed by atoms with E-state index in [1.54, 1.807) is 5.38 Å². The molecule has 2 heterocycles. The zero-order valence-electron chi connectivity index (χ0n) is 16.1. The molecule has 0 radical (unpaired) electrons. The fraction of sp³-hybridized carbons (Fsp3) is 0.273. The van der Waals surface area contributed by atoms with E-state index in [0.29, 0.717) is 12.1 Å². The molecule has 7 heteroatoms. The van der Waals surface area contributed by atoms with Crippen LogP contribution in [0.15, 0.2) is 60.0 Å². The van der Waals surface area contributed by atoms with Gasteiger partial charge in [-0.3, -0.25) is 4.79 Å². The highest BCUT2D eigenvalue weighted by Gasteiger charge is 2.16. The van der Waals surface area contributed by atoms with E-state index in [2.05, 4.69) is 15.2 Å². The van der Waals surface area contributed by atoms with Gasteiger partial charge in [0.2, 0.25) is 0 Å². The second-order valence-corrected chi connectivity index (χ2v) is 7.86. The van der Waals surface area contributed by atoms with Crippen LogP contribution in [0.3, 0.4) is 0 Å². The minimum Gasteiger partial charge on any atom is -0.378 e. The Morgan fingerprint density at radius 2 is 1.86 bits per heavy atom. The minimum atomic E-state index is -0.225. The monoisotopic (exact) mass is 408 g/mol. The van der Waals surface area contributed by atoms with Crippen molar-refractivity contribution < 1.29 is 9.53 Å². The number of nitrogens with one attached hydrogen (secondary N) is 1. The van der Waals surface area contributed by atoms with Crippen LogP contribution in [-0.2, 0) is 11.2 Å². The van der Waals surface area contributed by atoms with Gasteiger partial charge in [0.1, 0.15) is 10.7 Å². The molecule has 1 aromatic heterocycles. The third-order valence-corrected chi connectivity index (χ3v) is 5.85. The van der Waals surface area contributed by atoms with Gasteiger partial charge in [0.05, 0.1) is 19.3 Å². The van der Waals surface area contributed by atoms with Gasteiger partial charge in [0.15, 0.2) is 0 Å². The Labute approximate surface area is 174 Å². The molecule has 1 amide bonds. The molecule has 3 aromatic rings. The fourth-order valence-electron chi connectivity index (χ4n) is 3.29. The summed E-state index contributed by atoms with van der Waals surface area (Å²) in [6.45, 7) is 3.27. The lowest BCUT2D eigenvalue weighted by molar-refractivity contribution is 0.102. The number of carbonyl (C=O) groups is 1. The van der Waals surface area contributed by atoms with Crippen molar-refractivity contribution in [2.45, 2.75) is 12.5 Å². The maximum Gasteiger partial charge on any atom is 0.275 e. The maximum absolute atomic E-state index is 12.6. The smallest absolute Gasteiger partial charge is 0.275 e. The molecule has 3 N–H and O–H groups in total. The van der Waals surface area contributed by atoms with Crippen molar-refractivity contribution >= 4 is 28.6 Å². The van der Waals surface area contributed by atoms with E-state index in [1.807, 2.05) is 54.6 Å². The number of thiazole rings is 1. The number of aromatic nitrogens is 1. The summed E-state index contributed by atoms with van der Waals surface area (Å²) in [5, 5.41) is 5.44. The van der Waals surface area contributed by atoms with Gasteiger partial charge in [0.25, 0.3) is 5.91 Å². The molecule has 1 fully saturated rings. The van der Waals surface area contributed by atoms with Crippen molar-refractivity contribution in [3.8, 4) is 0 Å². The molecule has 0 bridgehead atoms. The maximum atomic E-state index is 12.6. The summed E-state index contributed by atoms with van der Waals surface area (Å²) in [6.07, 6.45) is 0.693. The number of hydrogen-bond acceptors (Lipinski definition) is 6. The largest absolute Gasteiger partial charge is 0.378 e. The van der Waals surface area contributed by atoms with E-state index in [4.69, 9.17) is 10.5 Å². The molecule has 1 unspecified atom stereocenters. The van der Waals surface area contributed by atoms with Crippen LogP contribution in [0.1, 0.15) is 27.1 Å². The predicted octanol–water partition coefficient (Wildman–Crippen LogP) is 3.47. The summed E-state index contributed by atoms with van der Waals surface area (Å²) >= 11 is 1.42. The Morgan fingerprint density at radius 3 is 2.59 bits per heavy atom. The molecule has 150 valence electrons. The number of rotatable bonds is 6. The van der Waals surface area contributed by atoms with Crippen molar-refractivity contribution in [3.63, 3.8) is 0 Å². The Bertz CT molecular complexity index is 937. The molecular weight excluding hydrogens is 384 g/mol. The summed E-state index contributed by atoms with van der Waals surface area (Å²) < 4.78 is 5.38. The Hall–Kier alpha value is -2.74. The molecule has 1 aliphatic heterocycles. The normalized spacial score (nSPS) is 15.1. The molecule has 29 heavy (non-hydrogen) atoms. The molecule has 4 rings (SSSR count). The summed E-state index contributed by atoms with van der Waals surface area (Å²) in [7, 11) is 0. The molecule has 1 saturated heterocycles. The highest BCUT2D eigenvalue weighted by Crippen LogP contribution is 2.22. The van der Waals surface area contributed by atoms with Gasteiger partial charge in [-0.2, -0.15) is 0 Å². The predicted molar refractivity (Wildman–Crippen MR) is 117 cm³/mol.